The van der Waals surface area contributed by atoms with Crippen molar-refractivity contribution in [2.24, 2.45) is 10.9 Å². The molecule has 0 spiro atoms. The Morgan fingerprint density at radius 2 is 2.20 bits per heavy atom. The molecule has 8 heteroatoms. The number of carbonyl (C=O) groups excluding carboxylic acids is 2. The van der Waals surface area contributed by atoms with Gasteiger partial charge in [0.25, 0.3) is 0 Å². The van der Waals surface area contributed by atoms with E-state index in [1.165, 1.54) is 0 Å². The molecular weight excluding hydrogens is 322 g/mol. The van der Waals surface area contributed by atoms with Gasteiger partial charge in [-0.3, -0.25) is 9.59 Å². The topological polar surface area (TPSA) is 77.5 Å². The number of fused-ring (bicyclic) bond motifs is 1. The van der Waals surface area contributed by atoms with Gasteiger partial charge in [-0.05, 0) is 12.8 Å². The van der Waals surface area contributed by atoms with E-state index in [1.54, 1.807) is 19.0 Å². The van der Waals surface area contributed by atoms with E-state index in [-0.39, 0.29) is 24.4 Å². The highest BCUT2D eigenvalue weighted by Gasteiger charge is 2.36. The molecule has 0 aliphatic carbocycles. The zero-order valence-corrected chi connectivity index (χ0v) is 15.2. The maximum atomic E-state index is 11.9. The summed E-state index contributed by atoms with van der Waals surface area (Å²) in [5.74, 6) is 1.52. The molecule has 0 aromatic carbocycles. The lowest BCUT2D eigenvalue weighted by molar-refractivity contribution is -0.130. The number of rotatable bonds is 4. The third-order valence-corrected chi connectivity index (χ3v) is 5.23. The third-order valence-electron chi connectivity index (χ3n) is 5.23. The molecule has 0 saturated carbocycles. The van der Waals surface area contributed by atoms with Crippen molar-refractivity contribution < 1.29 is 14.3 Å². The number of hydrogen-bond acceptors (Lipinski definition) is 4. The van der Waals surface area contributed by atoms with Crippen molar-refractivity contribution in [3.63, 3.8) is 0 Å². The number of carbonyl (C=O) groups is 2. The quantitative estimate of drug-likeness (QED) is 0.539. The first-order valence-electron chi connectivity index (χ1n) is 9.15. The van der Waals surface area contributed by atoms with E-state index in [0.717, 1.165) is 58.2 Å². The summed E-state index contributed by atoms with van der Waals surface area (Å²) in [5.41, 5.74) is 0. The number of guanidine groups is 1. The minimum atomic E-state index is -0.0156. The molecule has 2 atom stereocenters. The number of nitrogens with zero attached hydrogens (tertiary/aromatic N) is 4. The van der Waals surface area contributed by atoms with Crippen LogP contribution in [0.5, 0.6) is 0 Å². The van der Waals surface area contributed by atoms with Crippen LogP contribution in [0.2, 0.25) is 0 Å². The van der Waals surface area contributed by atoms with Crippen LogP contribution < -0.4 is 5.32 Å². The number of aliphatic imine (C=N–C) groups is 1. The lowest BCUT2D eigenvalue weighted by Gasteiger charge is -2.39. The fraction of sp³-hybridized carbons (Fsp3) is 0.824. The first-order chi connectivity index (χ1) is 12.0. The highest BCUT2D eigenvalue weighted by atomic mass is 16.5. The van der Waals surface area contributed by atoms with Gasteiger partial charge >= 0.3 is 0 Å². The van der Waals surface area contributed by atoms with E-state index < -0.39 is 0 Å². The summed E-state index contributed by atoms with van der Waals surface area (Å²) in [6.07, 6.45) is 2.62. The van der Waals surface area contributed by atoms with Gasteiger partial charge in [0, 0.05) is 65.3 Å². The SMILES string of the molecule is CN(C)C(=O)CN=C(NCC1CCOC1)N1CCN2C(=O)CCC2C1. The van der Waals surface area contributed by atoms with Gasteiger partial charge in [-0.2, -0.15) is 0 Å². The van der Waals surface area contributed by atoms with Gasteiger partial charge in [0.2, 0.25) is 11.8 Å². The summed E-state index contributed by atoms with van der Waals surface area (Å²) in [4.78, 5) is 34.1. The zero-order chi connectivity index (χ0) is 17.8. The second kappa shape index (κ2) is 8.03. The molecule has 2 unspecified atom stereocenters. The second-order valence-electron chi connectivity index (χ2n) is 7.26. The summed E-state index contributed by atoms with van der Waals surface area (Å²) in [6, 6.07) is 0.271. The number of ether oxygens (including phenoxy) is 1. The van der Waals surface area contributed by atoms with Crippen molar-refractivity contribution in [3.8, 4) is 0 Å². The van der Waals surface area contributed by atoms with E-state index >= 15 is 0 Å². The molecule has 140 valence electrons. The fourth-order valence-electron chi connectivity index (χ4n) is 3.59. The number of hydrogen-bond donors (Lipinski definition) is 1. The average molecular weight is 351 g/mol. The van der Waals surface area contributed by atoms with Gasteiger partial charge in [0.15, 0.2) is 5.96 Å². The number of nitrogens with one attached hydrogen (secondary N) is 1. The summed E-state index contributed by atoms with van der Waals surface area (Å²) in [5, 5.41) is 3.44. The van der Waals surface area contributed by atoms with Crippen LogP contribution in [0, 0.1) is 5.92 Å². The lowest BCUT2D eigenvalue weighted by atomic mass is 10.1. The van der Waals surface area contributed by atoms with Gasteiger partial charge < -0.3 is 24.8 Å². The van der Waals surface area contributed by atoms with Gasteiger partial charge in [-0.15, -0.1) is 0 Å². The Kier molecular flexibility index (Phi) is 5.78. The number of amides is 2. The van der Waals surface area contributed by atoms with Crippen molar-refractivity contribution >= 4 is 17.8 Å². The standard InChI is InChI=1S/C17H29N5O3/c1-20(2)16(24)10-19-17(18-9-13-5-8-25-12-13)21-6-7-22-14(11-21)3-4-15(22)23/h13-14H,3-12H2,1-2H3,(H,18,19). The lowest BCUT2D eigenvalue weighted by Crippen LogP contribution is -2.56. The number of piperazine rings is 1. The van der Waals surface area contributed by atoms with E-state index in [0.29, 0.717) is 12.3 Å². The minimum absolute atomic E-state index is 0.0156. The molecule has 3 rings (SSSR count). The van der Waals surface area contributed by atoms with Crippen molar-refractivity contribution in [2.75, 3.05) is 60.0 Å². The van der Waals surface area contributed by atoms with Crippen LogP contribution in [0.25, 0.3) is 0 Å². The molecular formula is C17H29N5O3. The zero-order valence-electron chi connectivity index (χ0n) is 15.2. The third kappa shape index (κ3) is 4.42. The summed E-state index contributed by atoms with van der Waals surface area (Å²) in [6.45, 7) is 4.82. The Labute approximate surface area is 149 Å². The number of likely N-dealkylation sites (N-methyl/N-ethyl adjacent to an activating group) is 1. The molecule has 0 bridgehead atoms. The van der Waals surface area contributed by atoms with Crippen LogP contribution in [-0.2, 0) is 14.3 Å². The normalized spacial score (nSPS) is 26.8. The maximum absolute atomic E-state index is 11.9. The molecule has 3 aliphatic heterocycles. The molecule has 2 amide bonds. The Morgan fingerprint density at radius 3 is 2.92 bits per heavy atom. The van der Waals surface area contributed by atoms with Crippen molar-refractivity contribution in [1.82, 2.24) is 20.0 Å². The minimum Gasteiger partial charge on any atom is -0.381 e. The molecule has 3 heterocycles. The predicted octanol–water partition coefficient (Wildman–Crippen LogP) is -0.637. The van der Waals surface area contributed by atoms with Gasteiger partial charge in [-0.1, -0.05) is 0 Å². The summed E-state index contributed by atoms with van der Waals surface area (Å²) >= 11 is 0. The molecule has 25 heavy (non-hydrogen) atoms. The highest BCUT2D eigenvalue weighted by molar-refractivity contribution is 5.85. The summed E-state index contributed by atoms with van der Waals surface area (Å²) in [7, 11) is 3.48. The molecule has 8 nitrogen and oxygen atoms in total. The molecule has 0 aromatic rings. The Balaban J connectivity index is 1.63. The van der Waals surface area contributed by atoms with Crippen LogP contribution in [0.15, 0.2) is 4.99 Å². The molecule has 1 N–H and O–H groups in total. The van der Waals surface area contributed by atoms with E-state index in [1.807, 2.05) is 4.90 Å². The van der Waals surface area contributed by atoms with E-state index in [4.69, 9.17) is 4.74 Å². The summed E-state index contributed by atoms with van der Waals surface area (Å²) < 4.78 is 5.43. The van der Waals surface area contributed by atoms with Gasteiger partial charge in [0.05, 0.1) is 6.61 Å². The van der Waals surface area contributed by atoms with Crippen molar-refractivity contribution in [3.05, 3.63) is 0 Å². The highest BCUT2D eigenvalue weighted by Crippen LogP contribution is 2.23. The van der Waals surface area contributed by atoms with Crippen LogP contribution in [0.4, 0.5) is 0 Å². The molecule has 3 aliphatic rings. The molecule has 0 radical (unpaired) electrons. The van der Waals surface area contributed by atoms with Crippen molar-refractivity contribution in [2.45, 2.75) is 25.3 Å². The van der Waals surface area contributed by atoms with Gasteiger partial charge in [0.1, 0.15) is 6.54 Å². The van der Waals surface area contributed by atoms with Crippen LogP contribution in [-0.4, -0.2) is 98.5 Å². The molecule has 3 saturated heterocycles. The van der Waals surface area contributed by atoms with Crippen LogP contribution in [0.3, 0.4) is 0 Å². The Bertz CT molecular complexity index is 530. The smallest absolute Gasteiger partial charge is 0.243 e. The fourth-order valence-corrected chi connectivity index (χ4v) is 3.59. The first kappa shape index (κ1) is 18.0. The van der Waals surface area contributed by atoms with Crippen LogP contribution in [0.1, 0.15) is 19.3 Å². The predicted molar refractivity (Wildman–Crippen MR) is 94.2 cm³/mol. The monoisotopic (exact) mass is 351 g/mol. The Morgan fingerprint density at radius 1 is 1.36 bits per heavy atom. The first-order valence-corrected chi connectivity index (χ1v) is 9.15. The molecule has 3 fully saturated rings. The largest absolute Gasteiger partial charge is 0.381 e. The van der Waals surface area contributed by atoms with Gasteiger partial charge in [-0.25, -0.2) is 4.99 Å². The maximum Gasteiger partial charge on any atom is 0.243 e. The van der Waals surface area contributed by atoms with Crippen LogP contribution >= 0.6 is 0 Å². The average Bonchev–Trinajstić information content (AvgIpc) is 3.24. The Hall–Kier alpha value is -1.83. The second-order valence-corrected chi connectivity index (χ2v) is 7.26. The van der Waals surface area contributed by atoms with E-state index in [9.17, 15) is 9.59 Å². The molecule has 0 aromatic heterocycles. The van der Waals surface area contributed by atoms with E-state index in [2.05, 4.69) is 15.2 Å². The van der Waals surface area contributed by atoms with Crippen molar-refractivity contribution in [1.29, 1.82) is 0 Å².